The van der Waals surface area contributed by atoms with Gasteiger partial charge < -0.3 is 4.74 Å². The molecular weight excluding hydrogens is 525 g/mol. The number of benzene rings is 1. The van der Waals surface area contributed by atoms with Crippen molar-refractivity contribution in [1.29, 1.82) is 0 Å². The second-order valence-corrected chi connectivity index (χ2v) is 11.4. The summed E-state index contributed by atoms with van der Waals surface area (Å²) in [5.74, 6) is -1.46. The first-order chi connectivity index (χ1) is 17.7. The van der Waals surface area contributed by atoms with E-state index in [0.29, 0.717) is 35.3 Å². The van der Waals surface area contributed by atoms with E-state index in [1.165, 1.54) is 35.6 Å². The summed E-state index contributed by atoms with van der Waals surface area (Å²) in [6.45, 7) is 2.95. The molecule has 0 spiro atoms. The van der Waals surface area contributed by atoms with E-state index in [2.05, 4.69) is 9.97 Å². The molecule has 1 aliphatic heterocycles. The second kappa shape index (κ2) is 10.3. The summed E-state index contributed by atoms with van der Waals surface area (Å²) in [4.78, 5) is 12.9. The highest BCUT2D eigenvalue weighted by molar-refractivity contribution is 7.96. The Morgan fingerprint density at radius 3 is 2.65 bits per heavy atom. The molecule has 37 heavy (non-hydrogen) atoms. The summed E-state index contributed by atoms with van der Waals surface area (Å²) in [5, 5.41) is 0.802. The van der Waals surface area contributed by atoms with E-state index in [9.17, 15) is 17.2 Å². The molecule has 7 nitrogen and oxygen atoms in total. The van der Waals surface area contributed by atoms with Crippen LogP contribution in [0.4, 0.5) is 18.9 Å². The molecule has 0 amide bonds. The van der Waals surface area contributed by atoms with E-state index < -0.39 is 38.4 Å². The van der Waals surface area contributed by atoms with Crippen LogP contribution in [0.25, 0.3) is 21.8 Å². The first-order valence-electron chi connectivity index (χ1n) is 11.6. The van der Waals surface area contributed by atoms with Gasteiger partial charge in [-0.3, -0.25) is 4.72 Å². The Labute approximate surface area is 216 Å². The summed E-state index contributed by atoms with van der Waals surface area (Å²) < 4.78 is 77.5. The van der Waals surface area contributed by atoms with Crippen LogP contribution in [0.3, 0.4) is 0 Å². The lowest BCUT2D eigenvalue weighted by Gasteiger charge is -2.19. The zero-order valence-corrected chi connectivity index (χ0v) is 21.4. The van der Waals surface area contributed by atoms with Crippen molar-refractivity contribution in [1.82, 2.24) is 15.0 Å². The third-order valence-electron chi connectivity index (χ3n) is 6.14. The van der Waals surface area contributed by atoms with Crippen LogP contribution in [0.15, 0.2) is 53.3 Å². The van der Waals surface area contributed by atoms with Gasteiger partial charge in [-0.15, -0.1) is 11.3 Å². The van der Waals surface area contributed by atoms with Crippen LogP contribution in [0, 0.1) is 12.7 Å². The van der Waals surface area contributed by atoms with Crippen LogP contribution in [-0.2, 0) is 14.8 Å². The molecule has 2 aliphatic rings. The van der Waals surface area contributed by atoms with Gasteiger partial charge in [-0.05, 0) is 44.0 Å². The Balaban J connectivity index is 1.58. The fourth-order valence-electron chi connectivity index (χ4n) is 4.31. The van der Waals surface area contributed by atoms with Gasteiger partial charge in [-0.2, -0.15) is 0 Å². The molecular formula is C25H23F3N4O3S2. The third-order valence-corrected chi connectivity index (χ3v) is 8.90. The molecule has 1 atom stereocenters. The first kappa shape index (κ1) is 25.6. The predicted octanol–water partition coefficient (Wildman–Crippen LogP) is 5.83. The van der Waals surface area contributed by atoms with Crippen molar-refractivity contribution in [3.8, 4) is 21.8 Å². The van der Waals surface area contributed by atoms with Crippen molar-refractivity contribution in [2.45, 2.75) is 38.3 Å². The van der Waals surface area contributed by atoms with Crippen LogP contribution >= 0.6 is 11.3 Å². The van der Waals surface area contributed by atoms with E-state index >= 15 is 4.39 Å². The maximum atomic E-state index is 15.8. The molecule has 1 unspecified atom stereocenters. The second-order valence-electron chi connectivity index (χ2n) is 8.70. The Kier molecular flexibility index (Phi) is 7.15. The number of thiazole rings is 1. The van der Waals surface area contributed by atoms with Crippen LogP contribution in [-0.4, -0.2) is 42.8 Å². The minimum absolute atomic E-state index is 0.0378. The van der Waals surface area contributed by atoms with Gasteiger partial charge in [0.1, 0.15) is 22.7 Å². The number of aryl methyl sites for hydroxylation is 1. The number of aromatic nitrogens is 3. The molecule has 0 saturated carbocycles. The van der Waals surface area contributed by atoms with Crippen LogP contribution < -0.4 is 4.72 Å². The largest absolute Gasteiger partial charge is 0.381 e. The Morgan fingerprint density at radius 2 is 1.92 bits per heavy atom. The fourth-order valence-corrected chi connectivity index (χ4v) is 6.85. The van der Waals surface area contributed by atoms with Gasteiger partial charge >= 0.3 is 0 Å². The monoisotopic (exact) mass is 548 g/mol. The van der Waals surface area contributed by atoms with E-state index in [-0.39, 0.29) is 17.9 Å². The summed E-state index contributed by atoms with van der Waals surface area (Å²) in [5.41, 5.74) is 0.462. The lowest BCUT2D eigenvalue weighted by atomic mass is 10.0. The highest BCUT2D eigenvalue weighted by Crippen LogP contribution is 2.42. The van der Waals surface area contributed by atoms with Crippen LogP contribution in [0.1, 0.15) is 36.0 Å². The Morgan fingerprint density at radius 1 is 1.14 bits per heavy atom. The van der Waals surface area contributed by atoms with Gasteiger partial charge in [0, 0.05) is 37.3 Å². The van der Waals surface area contributed by atoms with Crippen molar-refractivity contribution in [2.75, 3.05) is 17.9 Å². The first-order valence-corrected chi connectivity index (χ1v) is 13.9. The number of nitrogens with zero attached hydrogens (tertiary/aromatic N) is 3. The molecule has 1 aliphatic carbocycles. The molecule has 1 aromatic carbocycles. The average Bonchev–Trinajstić information content (AvgIpc) is 3.31. The van der Waals surface area contributed by atoms with Crippen molar-refractivity contribution in [3.05, 3.63) is 70.0 Å². The SMILES string of the molecule is Cc1nccc(-c2sc(C3CCOCC3)nc2-c2cccc(NS(=O)(=O)C3=C(F)C=CCC3F)c2F)n1. The minimum atomic E-state index is -4.70. The van der Waals surface area contributed by atoms with E-state index in [0.717, 1.165) is 23.9 Å². The highest BCUT2D eigenvalue weighted by atomic mass is 32.2. The molecule has 1 fully saturated rings. The van der Waals surface area contributed by atoms with Crippen molar-refractivity contribution >= 4 is 27.0 Å². The van der Waals surface area contributed by atoms with Gasteiger partial charge in [-0.25, -0.2) is 36.5 Å². The van der Waals surface area contributed by atoms with E-state index in [4.69, 9.17) is 9.72 Å². The Hall–Kier alpha value is -3.09. The van der Waals surface area contributed by atoms with Crippen LogP contribution in [0.5, 0.6) is 0 Å². The zero-order chi connectivity index (χ0) is 26.2. The molecule has 12 heteroatoms. The summed E-state index contributed by atoms with van der Waals surface area (Å²) in [6, 6.07) is 5.84. The summed E-state index contributed by atoms with van der Waals surface area (Å²) in [6.07, 6.45) is 2.89. The van der Waals surface area contributed by atoms with Gasteiger partial charge in [-0.1, -0.05) is 12.1 Å². The van der Waals surface area contributed by atoms with Crippen LogP contribution in [0.2, 0.25) is 0 Å². The number of allylic oxidation sites excluding steroid dienone is 4. The van der Waals surface area contributed by atoms with Gasteiger partial charge in [0.15, 0.2) is 5.82 Å². The fraction of sp³-hybridized carbons (Fsp3) is 0.320. The Bertz CT molecular complexity index is 1500. The number of hydrogen-bond donors (Lipinski definition) is 1. The maximum Gasteiger partial charge on any atom is 0.263 e. The number of halogens is 3. The molecule has 194 valence electrons. The molecule has 3 aromatic rings. The molecule has 0 bridgehead atoms. The quantitative estimate of drug-likeness (QED) is 0.417. The van der Waals surface area contributed by atoms with Crippen molar-refractivity contribution < 1.29 is 26.3 Å². The predicted molar refractivity (Wildman–Crippen MR) is 135 cm³/mol. The molecule has 2 aromatic heterocycles. The van der Waals surface area contributed by atoms with Crippen molar-refractivity contribution in [3.63, 3.8) is 0 Å². The molecule has 1 saturated heterocycles. The number of sulfonamides is 1. The standard InChI is InChI=1S/C25H23F3N4O3S2/c1-14-29-11-8-20(30-14)23-22(31-25(36-23)15-9-12-35-13-10-15)16-4-2-7-19(21(16)28)32-37(33,34)24-17(26)5-3-6-18(24)27/h2-5,7-8,11,15,18,32H,6,9-10,12-13H2,1H3. The lowest BCUT2D eigenvalue weighted by molar-refractivity contribution is 0.0853. The van der Waals surface area contributed by atoms with E-state index in [1.807, 2.05) is 4.72 Å². The third kappa shape index (κ3) is 5.18. The maximum absolute atomic E-state index is 15.8. The summed E-state index contributed by atoms with van der Waals surface area (Å²) in [7, 11) is -4.70. The molecule has 1 N–H and O–H groups in total. The van der Waals surface area contributed by atoms with Gasteiger partial charge in [0.05, 0.1) is 27.0 Å². The van der Waals surface area contributed by atoms with Crippen molar-refractivity contribution in [2.24, 2.45) is 0 Å². The number of hydrogen-bond acceptors (Lipinski definition) is 7. The van der Waals surface area contributed by atoms with Gasteiger partial charge in [0.2, 0.25) is 0 Å². The molecule has 0 radical (unpaired) electrons. The van der Waals surface area contributed by atoms with Gasteiger partial charge in [0.25, 0.3) is 10.0 Å². The highest BCUT2D eigenvalue weighted by Gasteiger charge is 2.33. The normalized spacial score (nSPS) is 18.9. The number of ether oxygens (including phenoxy) is 1. The minimum Gasteiger partial charge on any atom is -0.381 e. The topological polar surface area (TPSA) is 94.1 Å². The zero-order valence-electron chi connectivity index (χ0n) is 19.7. The average molecular weight is 549 g/mol. The number of alkyl halides is 1. The lowest BCUT2D eigenvalue weighted by Crippen LogP contribution is -2.24. The number of rotatable bonds is 6. The number of anilines is 1. The molecule has 5 rings (SSSR count). The summed E-state index contributed by atoms with van der Waals surface area (Å²) >= 11 is 1.40. The smallest absolute Gasteiger partial charge is 0.263 e. The number of nitrogens with one attached hydrogen (secondary N) is 1. The van der Waals surface area contributed by atoms with E-state index in [1.54, 1.807) is 19.2 Å². The molecule has 3 heterocycles.